The molecule has 2 aromatic heterocycles. The van der Waals surface area contributed by atoms with Crippen molar-refractivity contribution in [3.8, 4) is 90.7 Å². The van der Waals surface area contributed by atoms with E-state index in [1.165, 1.54) is 0 Å². The molecule has 0 saturated heterocycles. The molecule has 0 atom stereocenters. The van der Waals surface area contributed by atoms with E-state index < -0.39 is 0 Å². The quantitative estimate of drug-likeness (QED) is 0.154. The maximum atomic E-state index is 9.33. The minimum atomic E-state index is 0.576. The van der Waals surface area contributed by atoms with Crippen LogP contribution in [0.3, 0.4) is 0 Å². The molecule has 0 amide bonds. The molecule has 0 N–H and O–H groups in total. The molecule has 0 aliphatic heterocycles. The van der Waals surface area contributed by atoms with Crippen molar-refractivity contribution in [2.45, 2.75) is 0 Å². The van der Waals surface area contributed by atoms with Gasteiger partial charge in [0.2, 0.25) is 0 Å². The van der Waals surface area contributed by atoms with Gasteiger partial charge in [-0.3, -0.25) is 4.57 Å². The Kier molecular flexibility index (Phi) is 9.14. The highest BCUT2D eigenvalue weighted by molar-refractivity contribution is 5.86. The summed E-state index contributed by atoms with van der Waals surface area (Å²) in [4.78, 5) is 20.3. The van der Waals surface area contributed by atoms with Gasteiger partial charge < -0.3 is 0 Å². The third kappa shape index (κ3) is 6.94. The molecule has 6 heteroatoms. The summed E-state index contributed by atoms with van der Waals surface area (Å²) in [5, 5.41) is 9.33. The number of aromatic nitrogens is 5. The van der Waals surface area contributed by atoms with Crippen molar-refractivity contribution in [1.29, 1.82) is 5.26 Å². The second-order valence-electron chi connectivity index (χ2n) is 14.2. The van der Waals surface area contributed by atoms with Crippen LogP contribution in [0.4, 0.5) is 0 Å². The summed E-state index contributed by atoms with van der Waals surface area (Å²) in [5.74, 6) is 2.66. The zero-order valence-electron chi connectivity index (χ0n) is 31.8. The predicted octanol–water partition coefficient (Wildman–Crippen LogP) is 12.8. The first-order valence-corrected chi connectivity index (χ1v) is 19.4. The van der Waals surface area contributed by atoms with Crippen molar-refractivity contribution >= 4 is 11.0 Å². The number of fused-ring (bicyclic) bond motifs is 1. The zero-order valence-corrected chi connectivity index (χ0v) is 31.8. The molecule has 59 heavy (non-hydrogen) atoms. The topological polar surface area (TPSA) is 80.3 Å². The minimum Gasteiger partial charge on any atom is -0.292 e. The van der Waals surface area contributed by atoms with Crippen LogP contribution in [0.15, 0.2) is 206 Å². The van der Waals surface area contributed by atoms with E-state index in [1.54, 1.807) is 0 Å². The van der Waals surface area contributed by atoms with Crippen LogP contribution in [0, 0.1) is 11.3 Å². The Bertz CT molecular complexity index is 3160. The molecule has 276 valence electrons. The average Bonchev–Trinajstić information content (AvgIpc) is 3.72. The Morgan fingerprint density at radius 1 is 0.356 bits per heavy atom. The van der Waals surface area contributed by atoms with E-state index >= 15 is 0 Å². The van der Waals surface area contributed by atoms with Gasteiger partial charge >= 0.3 is 0 Å². The highest BCUT2D eigenvalue weighted by Gasteiger charge is 2.18. The highest BCUT2D eigenvalue weighted by atomic mass is 15.1. The zero-order chi connectivity index (χ0) is 39.5. The van der Waals surface area contributed by atoms with Gasteiger partial charge in [-0.2, -0.15) is 5.26 Å². The summed E-state index contributed by atoms with van der Waals surface area (Å²) in [7, 11) is 0. The van der Waals surface area contributed by atoms with Crippen LogP contribution in [0.25, 0.3) is 95.7 Å². The molecule has 0 aliphatic carbocycles. The maximum Gasteiger partial charge on any atom is 0.164 e. The minimum absolute atomic E-state index is 0.576. The molecule has 10 aromatic rings. The van der Waals surface area contributed by atoms with Gasteiger partial charge in [0.15, 0.2) is 17.5 Å². The van der Waals surface area contributed by atoms with Crippen LogP contribution >= 0.6 is 0 Å². The number of hydrogen-bond acceptors (Lipinski definition) is 5. The standard InChI is InChI=1S/C53H34N6/c54-35-36-28-30-37(31-29-36)40-18-12-22-44(33-40)51-56-50(38-14-3-1-4-15-38)57-52(58-51)47-25-8-7-24-46(47)43-21-11-19-41(32-43)42-20-13-23-45(34-42)59-49-27-10-9-26-48(49)55-53(59)39-16-5-2-6-17-39/h1-34H. The summed E-state index contributed by atoms with van der Waals surface area (Å²) in [5.41, 5.74) is 13.7. The summed E-state index contributed by atoms with van der Waals surface area (Å²) >= 11 is 0. The van der Waals surface area contributed by atoms with Gasteiger partial charge in [-0.1, -0.05) is 158 Å². The Hall–Kier alpha value is -8.27. The first kappa shape index (κ1) is 35.2. The van der Waals surface area contributed by atoms with Crippen LogP contribution in [-0.4, -0.2) is 24.5 Å². The van der Waals surface area contributed by atoms with Gasteiger partial charge in [0.05, 0.1) is 22.7 Å². The highest BCUT2D eigenvalue weighted by Crippen LogP contribution is 2.36. The molecule has 8 aromatic carbocycles. The summed E-state index contributed by atoms with van der Waals surface area (Å²) in [6, 6.07) is 72.3. The number of rotatable bonds is 8. The Morgan fingerprint density at radius 2 is 0.881 bits per heavy atom. The fourth-order valence-electron chi connectivity index (χ4n) is 7.61. The molecule has 10 rings (SSSR count). The van der Waals surface area contributed by atoms with Crippen molar-refractivity contribution in [1.82, 2.24) is 24.5 Å². The van der Waals surface area contributed by atoms with E-state index in [-0.39, 0.29) is 0 Å². The van der Waals surface area contributed by atoms with Gasteiger partial charge in [0, 0.05) is 27.9 Å². The van der Waals surface area contributed by atoms with Crippen LogP contribution in [-0.2, 0) is 0 Å². The first-order chi connectivity index (χ1) is 29.2. The molecule has 0 saturated carbocycles. The Labute approximate surface area is 342 Å². The molecular weight excluding hydrogens is 721 g/mol. The van der Waals surface area contributed by atoms with Crippen molar-refractivity contribution in [3.05, 3.63) is 212 Å². The van der Waals surface area contributed by atoms with Crippen LogP contribution < -0.4 is 0 Å². The van der Waals surface area contributed by atoms with Crippen LogP contribution in [0.1, 0.15) is 5.56 Å². The number of nitriles is 1. The van der Waals surface area contributed by atoms with Crippen molar-refractivity contribution in [2.24, 2.45) is 0 Å². The van der Waals surface area contributed by atoms with Crippen LogP contribution in [0.2, 0.25) is 0 Å². The van der Waals surface area contributed by atoms with Gasteiger partial charge in [0.1, 0.15) is 5.82 Å². The average molecular weight is 755 g/mol. The number of imidazole rings is 1. The maximum absolute atomic E-state index is 9.33. The molecule has 0 aliphatic rings. The fourth-order valence-corrected chi connectivity index (χ4v) is 7.61. The van der Waals surface area contributed by atoms with Crippen molar-refractivity contribution < 1.29 is 0 Å². The third-order valence-electron chi connectivity index (χ3n) is 10.5. The van der Waals surface area contributed by atoms with Crippen molar-refractivity contribution in [3.63, 3.8) is 0 Å². The molecule has 2 heterocycles. The molecule has 0 spiro atoms. The largest absolute Gasteiger partial charge is 0.292 e. The van der Waals surface area contributed by atoms with E-state index in [4.69, 9.17) is 19.9 Å². The lowest BCUT2D eigenvalue weighted by atomic mass is 9.95. The number of nitrogens with zero attached hydrogens (tertiary/aromatic N) is 6. The lowest BCUT2D eigenvalue weighted by molar-refractivity contribution is 1.07. The van der Waals surface area contributed by atoms with E-state index in [2.05, 4.69) is 132 Å². The van der Waals surface area contributed by atoms with E-state index in [1.807, 2.05) is 84.9 Å². The Balaban J connectivity index is 1.06. The van der Waals surface area contributed by atoms with E-state index in [9.17, 15) is 5.26 Å². The van der Waals surface area contributed by atoms with Crippen LogP contribution in [0.5, 0.6) is 0 Å². The lowest BCUT2D eigenvalue weighted by Gasteiger charge is -2.14. The second kappa shape index (κ2) is 15.3. The fraction of sp³-hybridized carbons (Fsp3) is 0. The molecular formula is C53H34N6. The number of benzene rings is 8. The van der Waals surface area contributed by atoms with Gasteiger partial charge in [-0.05, 0) is 81.9 Å². The third-order valence-corrected chi connectivity index (χ3v) is 10.5. The molecule has 0 fully saturated rings. The first-order valence-electron chi connectivity index (χ1n) is 19.4. The van der Waals surface area contributed by atoms with Crippen molar-refractivity contribution in [2.75, 3.05) is 0 Å². The van der Waals surface area contributed by atoms with Gasteiger partial charge in [-0.15, -0.1) is 0 Å². The van der Waals surface area contributed by atoms with Gasteiger partial charge in [0.25, 0.3) is 0 Å². The lowest BCUT2D eigenvalue weighted by Crippen LogP contribution is -2.01. The Morgan fingerprint density at radius 3 is 1.63 bits per heavy atom. The predicted molar refractivity (Wildman–Crippen MR) is 237 cm³/mol. The van der Waals surface area contributed by atoms with E-state index in [0.29, 0.717) is 23.0 Å². The molecule has 0 bridgehead atoms. The monoisotopic (exact) mass is 754 g/mol. The molecule has 0 unspecified atom stereocenters. The summed E-state index contributed by atoms with van der Waals surface area (Å²) < 4.78 is 2.25. The smallest absolute Gasteiger partial charge is 0.164 e. The van der Waals surface area contributed by atoms with Gasteiger partial charge in [-0.25, -0.2) is 19.9 Å². The number of para-hydroxylation sites is 2. The molecule has 0 radical (unpaired) electrons. The second-order valence-corrected chi connectivity index (χ2v) is 14.2. The molecule has 6 nitrogen and oxygen atoms in total. The summed E-state index contributed by atoms with van der Waals surface area (Å²) in [6.07, 6.45) is 0. The summed E-state index contributed by atoms with van der Waals surface area (Å²) in [6.45, 7) is 0. The van der Waals surface area contributed by atoms with E-state index in [0.717, 1.165) is 78.2 Å². The normalized spacial score (nSPS) is 11.0. The number of hydrogen-bond donors (Lipinski definition) is 0. The SMILES string of the molecule is N#Cc1ccc(-c2cccc(-c3nc(-c4ccccc4)nc(-c4ccccc4-c4cccc(-c5cccc(-n6c(-c7ccccc7)nc7ccccc76)c5)c4)n3)c2)cc1.